The first-order chi connectivity index (χ1) is 14.1. The van der Waals surface area contributed by atoms with Crippen molar-refractivity contribution in [2.24, 2.45) is 0 Å². The highest BCUT2D eigenvalue weighted by Gasteiger charge is 2.05. The van der Waals surface area contributed by atoms with Crippen molar-refractivity contribution in [1.82, 2.24) is 4.98 Å². The Kier molecular flexibility index (Phi) is 7.05. The lowest BCUT2D eigenvalue weighted by molar-refractivity contribution is -0.116. The van der Waals surface area contributed by atoms with Crippen LogP contribution >= 0.6 is 0 Å². The first-order valence-corrected chi connectivity index (χ1v) is 9.56. The number of hydrogen-bond acceptors (Lipinski definition) is 5. The van der Waals surface area contributed by atoms with Crippen molar-refractivity contribution in [1.29, 1.82) is 0 Å². The van der Waals surface area contributed by atoms with Crippen molar-refractivity contribution < 1.29 is 14.3 Å². The zero-order valence-corrected chi connectivity index (χ0v) is 16.6. The SMILES string of the molecule is CC(C)Oc1ccc(Nc2ccc(NC(=O)CCOc3ccccc3)cn2)cc1. The summed E-state index contributed by atoms with van der Waals surface area (Å²) >= 11 is 0. The van der Waals surface area contributed by atoms with Crippen LogP contribution in [0.25, 0.3) is 0 Å². The summed E-state index contributed by atoms with van der Waals surface area (Å²) in [5, 5.41) is 6.04. The van der Waals surface area contributed by atoms with Gasteiger partial charge in [-0.1, -0.05) is 18.2 Å². The van der Waals surface area contributed by atoms with Gasteiger partial charge in [-0.25, -0.2) is 4.98 Å². The fourth-order valence-electron chi connectivity index (χ4n) is 2.58. The van der Waals surface area contributed by atoms with E-state index < -0.39 is 0 Å². The molecule has 1 amide bonds. The van der Waals surface area contributed by atoms with Crippen LogP contribution in [0.4, 0.5) is 17.2 Å². The van der Waals surface area contributed by atoms with E-state index in [1.54, 1.807) is 6.20 Å². The standard InChI is InChI=1S/C23H25N3O3/c1-17(2)29-21-11-8-18(9-12-21)25-22-13-10-19(16-24-22)26-23(27)14-15-28-20-6-4-3-5-7-20/h3-13,16-17H,14-15H2,1-2H3,(H,24,25)(H,26,27). The van der Waals surface area contributed by atoms with Crippen LogP contribution in [-0.4, -0.2) is 23.6 Å². The van der Waals surface area contributed by atoms with E-state index in [2.05, 4.69) is 15.6 Å². The number of rotatable bonds is 9. The molecule has 0 atom stereocenters. The fraction of sp³-hybridized carbons (Fsp3) is 0.217. The summed E-state index contributed by atoms with van der Waals surface area (Å²) in [6.07, 6.45) is 2.02. The van der Waals surface area contributed by atoms with Gasteiger partial charge in [-0.2, -0.15) is 0 Å². The topological polar surface area (TPSA) is 72.5 Å². The molecular formula is C23H25N3O3. The Morgan fingerprint density at radius 1 is 0.931 bits per heavy atom. The quantitative estimate of drug-likeness (QED) is 0.536. The fourth-order valence-corrected chi connectivity index (χ4v) is 2.58. The van der Waals surface area contributed by atoms with Crippen molar-refractivity contribution in [2.45, 2.75) is 26.4 Å². The zero-order chi connectivity index (χ0) is 20.5. The number of carbonyl (C=O) groups is 1. The van der Waals surface area contributed by atoms with Gasteiger partial charge in [0.05, 0.1) is 31.0 Å². The number of hydrogen-bond donors (Lipinski definition) is 2. The highest BCUT2D eigenvalue weighted by atomic mass is 16.5. The zero-order valence-electron chi connectivity index (χ0n) is 16.6. The van der Waals surface area contributed by atoms with Crippen LogP contribution in [0, 0.1) is 0 Å². The molecule has 0 radical (unpaired) electrons. The van der Waals surface area contributed by atoms with Gasteiger partial charge < -0.3 is 20.1 Å². The molecule has 0 saturated carbocycles. The van der Waals surface area contributed by atoms with Gasteiger partial charge in [-0.3, -0.25) is 4.79 Å². The number of ether oxygens (including phenoxy) is 2. The van der Waals surface area contributed by atoms with Crippen LogP contribution in [-0.2, 0) is 4.79 Å². The lowest BCUT2D eigenvalue weighted by Gasteiger charge is -2.11. The molecule has 0 bridgehead atoms. The number of anilines is 3. The highest BCUT2D eigenvalue weighted by Crippen LogP contribution is 2.20. The smallest absolute Gasteiger partial charge is 0.227 e. The monoisotopic (exact) mass is 391 g/mol. The molecule has 0 fully saturated rings. The molecular weight excluding hydrogens is 366 g/mol. The molecule has 0 unspecified atom stereocenters. The summed E-state index contributed by atoms with van der Waals surface area (Å²) in [5.41, 5.74) is 1.55. The van der Waals surface area contributed by atoms with Gasteiger partial charge in [0.15, 0.2) is 0 Å². The summed E-state index contributed by atoms with van der Waals surface area (Å²) in [6, 6.07) is 20.7. The molecule has 3 rings (SSSR count). The van der Waals surface area contributed by atoms with Crippen molar-refractivity contribution in [2.75, 3.05) is 17.2 Å². The second kappa shape index (κ2) is 10.1. The second-order valence-corrected chi connectivity index (χ2v) is 6.71. The Labute approximate surface area is 170 Å². The van der Waals surface area contributed by atoms with E-state index in [9.17, 15) is 4.79 Å². The van der Waals surface area contributed by atoms with E-state index >= 15 is 0 Å². The van der Waals surface area contributed by atoms with Gasteiger partial charge in [0.1, 0.15) is 17.3 Å². The first kappa shape index (κ1) is 20.2. The maximum Gasteiger partial charge on any atom is 0.227 e. The maximum atomic E-state index is 12.0. The molecule has 0 spiro atoms. The van der Waals surface area contributed by atoms with Gasteiger partial charge >= 0.3 is 0 Å². The van der Waals surface area contributed by atoms with Gasteiger partial charge in [0.25, 0.3) is 0 Å². The number of para-hydroxylation sites is 1. The molecule has 2 aromatic carbocycles. The van der Waals surface area contributed by atoms with E-state index in [-0.39, 0.29) is 18.4 Å². The summed E-state index contributed by atoms with van der Waals surface area (Å²) in [5.74, 6) is 2.14. The van der Waals surface area contributed by atoms with Crippen molar-refractivity contribution in [3.63, 3.8) is 0 Å². The van der Waals surface area contributed by atoms with Gasteiger partial charge in [-0.05, 0) is 62.4 Å². The molecule has 1 heterocycles. The lowest BCUT2D eigenvalue weighted by atomic mass is 10.3. The number of pyridine rings is 1. The molecule has 0 aliphatic heterocycles. The Balaban J connectivity index is 1.45. The van der Waals surface area contributed by atoms with Crippen LogP contribution < -0.4 is 20.1 Å². The number of benzene rings is 2. The molecule has 1 aromatic heterocycles. The Morgan fingerprint density at radius 2 is 1.66 bits per heavy atom. The van der Waals surface area contributed by atoms with Crippen molar-refractivity contribution >= 4 is 23.1 Å². The van der Waals surface area contributed by atoms with E-state index in [0.717, 1.165) is 17.2 Å². The molecule has 0 saturated heterocycles. The summed E-state index contributed by atoms with van der Waals surface area (Å²) in [6.45, 7) is 4.30. The van der Waals surface area contributed by atoms with Gasteiger partial charge in [0, 0.05) is 5.69 Å². The molecule has 0 aliphatic carbocycles. The minimum Gasteiger partial charge on any atom is -0.493 e. The van der Waals surface area contributed by atoms with Crippen LogP contribution in [0.3, 0.4) is 0 Å². The molecule has 150 valence electrons. The maximum absolute atomic E-state index is 12.0. The van der Waals surface area contributed by atoms with E-state index in [4.69, 9.17) is 9.47 Å². The third-order valence-corrected chi connectivity index (χ3v) is 3.89. The number of carbonyl (C=O) groups excluding carboxylic acids is 1. The van der Waals surface area contributed by atoms with Crippen molar-refractivity contribution in [3.8, 4) is 11.5 Å². The average Bonchev–Trinajstić information content (AvgIpc) is 2.71. The third kappa shape index (κ3) is 6.84. The highest BCUT2D eigenvalue weighted by molar-refractivity contribution is 5.90. The first-order valence-electron chi connectivity index (χ1n) is 9.56. The minimum atomic E-state index is -0.121. The van der Waals surface area contributed by atoms with Crippen LogP contribution in [0.5, 0.6) is 11.5 Å². The lowest BCUT2D eigenvalue weighted by Crippen LogP contribution is -2.15. The van der Waals surface area contributed by atoms with Gasteiger partial charge in [-0.15, -0.1) is 0 Å². The predicted octanol–water partition coefficient (Wildman–Crippen LogP) is 5.02. The van der Waals surface area contributed by atoms with Crippen LogP contribution in [0.1, 0.15) is 20.3 Å². The molecule has 6 heteroatoms. The summed E-state index contributed by atoms with van der Waals surface area (Å²) in [7, 11) is 0. The predicted molar refractivity (Wildman–Crippen MR) is 115 cm³/mol. The minimum absolute atomic E-state index is 0.121. The molecule has 3 aromatic rings. The Hall–Kier alpha value is -3.54. The van der Waals surface area contributed by atoms with Crippen molar-refractivity contribution in [3.05, 3.63) is 72.9 Å². The third-order valence-electron chi connectivity index (χ3n) is 3.89. The van der Waals surface area contributed by atoms with Crippen LogP contribution in [0.2, 0.25) is 0 Å². The normalized spacial score (nSPS) is 10.4. The molecule has 29 heavy (non-hydrogen) atoms. The Bertz CT molecular complexity index is 895. The summed E-state index contributed by atoms with van der Waals surface area (Å²) < 4.78 is 11.2. The number of nitrogens with zero attached hydrogens (tertiary/aromatic N) is 1. The summed E-state index contributed by atoms with van der Waals surface area (Å²) in [4.78, 5) is 16.4. The number of amides is 1. The van der Waals surface area contributed by atoms with E-state index in [1.165, 1.54) is 0 Å². The largest absolute Gasteiger partial charge is 0.493 e. The molecule has 2 N–H and O–H groups in total. The number of nitrogens with one attached hydrogen (secondary N) is 2. The average molecular weight is 391 g/mol. The van der Waals surface area contributed by atoms with Gasteiger partial charge in [0.2, 0.25) is 5.91 Å². The van der Waals surface area contributed by atoms with E-state index in [1.807, 2.05) is 80.6 Å². The number of aromatic nitrogens is 1. The molecule has 0 aliphatic rings. The van der Waals surface area contributed by atoms with E-state index in [0.29, 0.717) is 18.1 Å². The molecule has 6 nitrogen and oxygen atoms in total. The Morgan fingerprint density at radius 3 is 2.31 bits per heavy atom. The van der Waals surface area contributed by atoms with Crippen LogP contribution in [0.15, 0.2) is 72.9 Å². The second-order valence-electron chi connectivity index (χ2n) is 6.71.